The second kappa shape index (κ2) is 5.79. The summed E-state index contributed by atoms with van der Waals surface area (Å²) < 4.78 is 3.16. The number of nitrogens with zero attached hydrogens (tertiary/aromatic N) is 1. The van der Waals surface area contributed by atoms with Crippen LogP contribution in [0.15, 0.2) is 30.3 Å². The lowest BCUT2D eigenvalue weighted by Gasteiger charge is -2.46. The van der Waals surface area contributed by atoms with Gasteiger partial charge >= 0.3 is 5.97 Å². The monoisotopic (exact) mass is 399 g/mol. The highest BCUT2D eigenvalue weighted by Gasteiger charge is 2.73. The number of hydrogen-bond acceptors (Lipinski definition) is 4. The Morgan fingerprint density at radius 3 is 2.65 bits per heavy atom. The number of fused-ring (bicyclic) bond motifs is 1. The number of carboxylic acids is 1. The van der Waals surface area contributed by atoms with Crippen molar-refractivity contribution < 1.29 is 19.4 Å². The highest BCUT2D eigenvalue weighted by atomic mass is 79.9. The van der Waals surface area contributed by atoms with Crippen molar-refractivity contribution in [3.8, 4) is 0 Å². The summed E-state index contributed by atoms with van der Waals surface area (Å²) in [6, 6.07) is 9.94. The van der Waals surface area contributed by atoms with Crippen molar-refractivity contribution in [3.63, 3.8) is 0 Å². The largest absolute Gasteiger partial charge is 0.479 e. The SMILES string of the molecule is CO[C@@H]1C(=O)N2[C@@H]1SC(C)(CCc1ccccc1)[C@]2(Br)C(=O)O. The number of carbonyl (C=O) groups excluding carboxylic acids is 1. The van der Waals surface area contributed by atoms with Gasteiger partial charge in [0.1, 0.15) is 5.37 Å². The van der Waals surface area contributed by atoms with Crippen LogP contribution in [0.5, 0.6) is 0 Å². The van der Waals surface area contributed by atoms with E-state index in [1.54, 1.807) is 0 Å². The van der Waals surface area contributed by atoms with E-state index in [1.165, 1.54) is 23.8 Å². The quantitative estimate of drug-likeness (QED) is 0.467. The number of hydrogen-bond donors (Lipinski definition) is 1. The van der Waals surface area contributed by atoms with Crippen LogP contribution >= 0.6 is 27.7 Å². The fourth-order valence-corrected chi connectivity index (χ4v) is 6.10. The number of ether oxygens (including phenoxy) is 1. The molecule has 2 saturated heterocycles. The second-order valence-corrected chi connectivity index (χ2v) is 8.78. The number of halogens is 1. The Bertz CT molecular complexity index is 642. The molecule has 23 heavy (non-hydrogen) atoms. The first-order valence-electron chi connectivity index (χ1n) is 7.35. The Kier molecular flexibility index (Phi) is 4.23. The Morgan fingerprint density at radius 2 is 2.09 bits per heavy atom. The number of carbonyl (C=O) groups is 2. The highest BCUT2D eigenvalue weighted by Crippen LogP contribution is 2.61. The maximum Gasteiger partial charge on any atom is 0.342 e. The number of carboxylic acid groups (broad SMARTS) is 1. The molecule has 1 aromatic rings. The molecule has 3 rings (SSSR count). The predicted molar refractivity (Wildman–Crippen MR) is 91.5 cm³/mol. The Hall–Kier alpha value is -1.05. The van der Waals surface area contributed by atoms with Gasteiger partial charge in [-0.15, -0.1) is 11.8 Å². The third kappa shape index (κ3) is 2.32. The molecule has 0 bridgehead atoms. The van der Waals surface area contributed by atoms with Crippen molar-refractivity contribution in [2.45, 2.75) is 40.4 Å². The van der Waals surface area contributed by atoms with Crippen LogP contribution < -0.4 is 0 Å². The van der Waals surface area contributed by atoms with Crippen LogP contribution in [0.4, 0.5) is 0 Å². The van der Waals surface area contributed by atoms with Gasteiger partial charge in [0.2, 0.25) is 4.45 Å². The van der Waals surface area contributed by atoms with Crippen LogP contribution in [0.3, 0.4) is 0 Å². The van der Waals surface area contributed by atoms with Crippen molar-refractivity contribution in [1.82, 2.24) is 4.90 Å². The molecule has 7 heteroatoms. The smallest absolute Gasteiger partial charge is 0.342 e. The Labute approximate surface area is 147 Å². The number of alkyl halides is 1. The molecule has 2 aliphatic heterocycles. The van der Waals surface area contributed by atoms with Crippen molar-refractivity contribution in [2.75, 3.05) is 7.11 Å². The Balaban J connectivity index is 1.87. The average molecular weight is 400 g/mol. The van der Waals surface area contributed by atoms with E-state index < -0.39 is 21.3 Å². The first-order chi connectivity index (χ1) is 10.8. The van der Waals surface area contributed by atoms with Crippen molar-refractivity contribution in [2.24, 2.45) is 0 Å². The molecule has 4 atom stereocenters. The molecule has 2 fully saturated rings. The Morgan fingerprint density at radius 1 is 1.43 bits per heavy atom. The number of rotatable bonds is 5. The minimum atomic E-state index is -1.41. The molecule has 5 nitrogen and oxygen atoms in total. The molecule has 0 saturated carbocycles. The number of benzene rings is 1. The summed E-state index contributed by atoms with van der Waals surface area (Å²) in [7, 11) is 1.48. The molecule has 1 aromatic carbocycles. The first-order valence-corrected chi connectivity index (χ1v) is 9.02. The molecule has 0 aliphatic carbocycles. The number of β-lactam (4-membered cyclic amide) rings is 1. The first kappa shape index (κ1) is 16.8. The summed E-state index contributed by atoms with van der Waals surface area (Å²) in [4.78, 5) is 25.7. The summed E-state index contributed by atoms with van der Waals surface area (Å²) in [5.74, 6) is -1.31. The van der Waals surface area contributed by atoms with E-state index in [0.29, 0.717) is 6.42 Å². The normalized spacial score (nSPS) is 35.8. The van der Waals surface area contributed by atoms with Gasteiger partial charge in [-0.05, 0) is 41.3 Å². The molecule has 0 radical (unpaired) electrons. The van der Waals surface area contributed by atoms with Crippen LogP contribution in [0, 0.1) is 0 Å². The van der Waals surface area contributed by atoms with Crippen LogP contribution in [-0.2, 0) is 20.7 Å². The third-order valence-corrected chi connectivity index (χ3v) is 8.26. The fourth-order valence-electron chi connectivity index (χ4n) is 3.28. The average Bonchev–Trinajstić information content (AvgIpc) is 2.74. The standard InChI is InChI=1S/C16H18BrNO4S/c1-15(9-8-10-6-4-3-5-7-10)16(17,14(20)21)18-12(19)11(22-2)13(18)23-15/h3-7,11,13H,8-9H2,1-2H3,(H,20,21)/t11-,13-,15?,16+/m1/s1. The van der Waals surface area contributed by atoms with Gasteiger partial charge < -0.3 is 9.84 Å². The van der Waals surface area contributed by atoms with E-state index in [4.69, 9.17) is 4.74 Å². The van der Waals surface area contributed by atoms with E-state index in [0.717, 1.165) is 12.0 Å². The zero-order valence-corrected chi connectivity index (χ0v) is 15.3. The van der Waals surface area contributed by atoms with E-state index in [-0.39, 0.29) is 11.3 Å². The van der Waals surface area contributed by atoms with Crippen LogP contribution in [0.25, 0.3) is 0 Å². The zero-order valence-electron chi connectivity index (χ0n) is 12.9. The molecule has 1 N–H and O–H groups in total. The highest BCUT2D eigenvalue weighted by molar-refractivity contribution is 9.10. The lowest BCUT2D eigenvalue weighted by molar-refractivity contribution is -0.174. The number of methoxy groups -OCH3 is 1. The maximum absolute atomic E-state index is 12.3. The van der Waals surface area contributed by atoms with Gasteiger partial charge in [-0.1, -0.05) is 30.3 Å². The minimum Gasteiger partial charge on any atom is -0.479 e. The van der Waals surface area contributed by atoms with Gasteiger partial charge in [-0.25, -0.2) is 4.79 Å². The van der Waals surface area contributed by atoms with Crippen molar-refractivity contribution in [1.29, 1.82) is 0 Å². The van der Waals surface area contributed by atoms with Gasteiger partial charge in [0.25, 0.3) is 5.91 Å². The topological polar surface area (TPSA) is 66.8 Å². The van der Waals surface area contributed by atoms with Crippen LogP contribution in [0.1, 0.15) is 18.9 Å². The minimum absolute atomic E-state index is 0.260. The van der Waals surface area contributed by atoms with Crippen molar-refractivity contribution >= 4 is 39.6 Å². The second-order valence-electron chi connectivity index (χ2n) is 6.02. The van der Waals surface area contributed by atoms with E-state index in [9.17, 15) is 14.7 Å². The lowest BCUT2D eigenvalue weighted by atomic mass is 9.90. The van der Waals surface area contributed by atoms with Gasteiger partial charge in [-0.2, -0.15) is 0 Å². The van der Waals surface area contributed by atoms with Crippen LogP contribution in [-0.4, -0.2) is 49.7 Å². The van der Waals surface area contributed by atoms with Crippen molar-refractivity contribution in [3.05, 3.63) is 35.9 Å². The molecule has 124 valence electrons. The predicted octanol–water partition coefficient (Wildman–Crippen LogP) is 2.48. The van der Waals surface area contributed by atoms with E-state index in [1.807, 2.05) is 37.3 Å². The van der Waals surface area contributed by atoms with Gasteiger partial charge in [0.05, 0.1) is 4.75 Å². The molecular formula is C16H18BrNO4S. The number of thioether (sulfide) groups is 1. The summed E-state index contributed by atoms with van der Waals surface area (Å²) in [6.45, 7) is 1.90. The number of amides is 1. The van der Waals surface area contributed by atoms with Crippen LogP contribution in [0.2, 0.25) is 0 Å². The molecule has 1 unspecified atom stereocenters. The molecule has 1 amide bonds. The van der Waals surface area contributed by atoms with E-state index >= 15 is 0 Å². The molecule has 0 spiro atoms. The molecule has 2 aliphatic rings. The number of aliphatic carboxylic acids is 1. The molecular weight excluding hydrogens is 382 g/mol. The number of aryl methyl sites for hydroxylation is 1. The molecule has 0 aromatic heterocycles. The lowest BCUT2D eigenvalue weighted by Crippen LogP contribution is -2.70. The van der Waals surface area contributed by atoms with Gasteiger partial charge in [0.15, 0.2) is 6.10 Å². The molecule has 2 heterocycles. The van der Waals surface area contributed by atoms with E-state index in [2.05, 4.69) is 15.9 Å². The maximum atomic E-state index is 12.3. The summed E-state index contributed by atoms with van der Waals surface area (Å²) in [5.41, 5.74) is 1.15. The summed E-state index contributed by atoms with van der Waals surface area (Å²) in [6.07, 6.45) is 0.822. The summed E-state index contributed by atoms with van der Waals surface area (Å²) in [5, 5.41) is 9.55. The summed E-state index contributed by atoms with van der Waals surface area (Å²) >= 11 is 4.90. The zero-order chi connectivity index (χ0) is 16.8. The fraction of sp³-hybridized carbons (Fsp3) is 0.500. The third-order valence-electron chi connectivity index (χ3n) is 4.68. The van der Waals surface area contributed by atoms with Gasteiger partial charge in [0, 0.05) is 7.11 Å². The van der Waals surface area contributed by atoms with Gasteiger partial charge in [-0.3, -0.25) is 9.69 Å².